The van der Waals surface area contributed by atoms with Crippen molar-refractivity contribution in [1.29, 1.82) is 0 Å². The van der Waals surface area contributed by atoms with Gasteiger partial charge in [-0.2, -0.15) is 10.2 Å². The number of nitrogens with one attached hydrogen (secondary N) is 2. The molecule has 2 bridgehead atoms. The molecule has 0 atom stereocenters. The molecule has 0 saturated heterocycles. The molecule has 0 radical (unpaired) electrons. The minimum absolute atomic E-state index is 0.00411. The van der Waals surface area contributed by atoms with Crippen molar-refractivity contribution in [3.05, 3.63) is 53.1 Å². The molecule has 1 heterocycles. The second kappa shape index (κ2) is 6.45. The molecule has 0 unspecified atom stereocenters. The molecular formula is C18H16ClFN4O3. The third kappa shape index (κ3) is 3.44. The zero-order valence-electron chi connectivity index (χ0n) is 14.2. The van der Waals surface area contributed by atoms with Crippen molar-refractivity contribution in [2.45, 2.75) is 30.3 Å². The molecule has 5 rings (SSSR count). The molecule has 3 aliphatic carbocycles. The summed E-state index contributed by atoms with van der Waals surface area (Å²) in [5.41, 5.74) is -0.111. The van der Waals surface area contributed by atoms with Crippen LogP contribution in [0.4, 0.5) is 4.39 Å². The van der Waals surface area contributed by atoms with Gasteiger partial charge in [-0.3, -0.25) is 9.59 Å². The molecule has 1 aromatic heterocycles. The quantitative estimate of drug-likeness (QED) is 0.785. The summed E-state index contributed by atoms with van der Waals surface area (Å²) in [6.45, 7) is -0.217. The zero-order valence-corrected chi connectivity index (χ0v) is 14.9. The van der Waals surface area contributed by atoms with Gasteiger partial charge in [-0.1, -0.05) is 11.6 Å². The first-order valence-electron chi connectivity index (χ1n) is 8.37. The van der Waals surface area contributed by atoms with Crippen LogP contribution in [0.25, 0.3) is 0 Å². The monoisotopic (exact) mass is 390 g/mol. The van der Waals surface area contributed by atoms with Crippen molar-refractivity contribution in [3.8, 4) is 5.75 Å². The van der Waals surface area contributed by atoms with E-state index < -0.39 is 5.82 Å². The van der Waals surface area contributed by atoms with Crippen LogP contribution in [-0.4, -0.2) is 39.7 Å². The number of benzene rings is 1. The highest BCUT2D eigenvalue weighted by Crippen LogP contribution is 2.60. The highest BCUT2D eigenvalue weighted by atomic mass is 35.5. The molecule has 140 valence electrons. The summed E-state index contributed by atoms with van der Waals surface area (Å²) in [6, 6.07) is 5.60. The van der Waals surface area contributed by atoms with Gasteiger partial charge in [0.2, 0.25) is 0 Å². The molecule has 3 aliphatic rings. The number of carbonyl (C=O) groups excluding carboxylic acids is 2. The van der Waals surface area contributed by atoms with E-state index in [0.717, 1.165) is 6.07 Å². The molecule has 0 spiro atoms. The summed E-state index contributed by atoms with van der Waals surface area (Å²) < 4.78 is 18.6. The number of hydrogen-bond donors (Lipinski definition) is 2. The molecule has 1 aromatic carbocycles. The van der Waals surface area contributed by atoms with Gasteiger partial charge in [0.1, 0.15) is 11.6 Å². The molecule has 3 fully saturated rings. The third-order valence-electron chi connectivity index (χ3n) is 4.92. The lowest BCUT2D eigenvalue weighted by atomic mass is 9.44. The number of ether oxygens (including phenoxy) is 1. The lowest BCUT2D eigenvalue weighted by molar-refractivity contribution is -0.141. The molecule has 9 heteroatoms. The van der Waals surface area contributed by atoms with Gasteiger partial charge in [-0.05, 0) is 37.5 Å². The summed E-state index contributed by atoms with van der Waals surface area (Å²) in [5.74, 6) is -0.851. The Bertz CT molecular complexity index is 889. The molecule has 0 aliphatic heterocycles. The minimum Gasteiger partial charge on any atom is -0.484 e. The van der Waals surface area contributed by atoms with Gasteiger partial charge < -0.3 is 15.4 Å². The van der Waals surface area contributed by atoms with Crippen molar-refractivity contribution in [3.63, 3.8) is 0 Å². The Balaban J connectivity index is 1.24. The molecule has 7 nitrogen and oxygen atoms in total. The van der Waals surface area contributed by atoms with E-state index in [9.17, 15) is 14.0 Å². The SMILES string of the molecule is O=C(COc1ccc(Cl)c(F)c1)NC12CC(NC(=O)c3ccnnc3)(C1)C2. The van der Waals surface area contributed by atoms with Crippen LogP contribution in [0.3, 0.4) is 0 Å². The fourth-order valence-electron chi connectivity index (χ4n) is 3.84. The van der Waals surface area contributed by atoms with Gasteiger partial charge in [0.25, 0.3) is 11.8 Å². The van der Waals surface area contributed by atoms with Crippen LogP contribution in [0.2, 0.25) is 5.02 Å². The van der Waals surface area contributed by atoms with Gasteiger partial charge in [0.05, 0.1) is 23.0 Å². The first-order valence-corrected chi connectivity index (χ1v) is 8.75. The Morgan fingerprint density at radius 3 is 2.56 bits per heavy atom. The maximum absolute atomic E-state index is 13.4. The largest absolute Gasteiger partial charge is 0.484 e. The predicted octanol–water partition coefficient (Wildman–Crippen LogP) is 1.87. The van der Waals surface area contributed by atoms with Gasteiger partial charge in [0.15, 0.2) is 6.61 Å². The van der Waals surface area contributed by atoms with Crippen LogP contribution >= 0.6 is 11.6 Å². The van der Waals surface area contributed by atoms with E-state index in [1.54, 1.807) is 6.07 Å². The van der Waals surface area contributed by atoms with Crippen LogP contribution < -0.4 is 15.4 Å². The summed E-state index contributed by atoms with van der Waals surface area (Å²) >= 11 is 5.60. The number of halogens is 2. The molecule has 2 N–H and O–H groups in total. The fourth-order valence-corrected chi connectivity index (χ4v) is 3.96. The molecule has 3 saturated carbocycles. The smallest absolute Gasteiger partial charge is 0.258 e. The van der Waals surface area contributed by atoms with E-state index in [0.29, 0.717) is 24.8 Å². The van der Waals surface area contributed by atoms with Crippen LogP contribution in [0.5, 0.6) is 5.75 Å². The average molecular weight is 391 g/mol. The Morgan fingerprint density at radius 2 is 1.89 bits per heavy atom. The van der Waals surface area contributed by atoms with Crippen molar-refractivity contribution in [2.24, 2.45) is 0 Å². The summed E-state index contributed by atoms with van der Waals surface area (Å²) in [5, 5.41) is 13.3. The summed E-state index contributed by atoms with van der Waals surface area (Å²) in [7, 11) is 0. The highest BCUT2D eigenvalue weighted by Gasteiger charge is 2.69. The van der Waals surface area contributed by atoms with Crippen LogP contribution in [0.1, 0.15) is 29.6 Å². The lowest BCUT2D eigenvalue weighted by Gasteiger charge is -2.70. The van der Waals surface area contributed by atoms with Crippen LogP contribution in [0, 0.1) is 5.82 Å². The van der Waals surface area contributed by atoms with Crippen molar-refractivity contribution >= 4 is 23.4 Å². The molecule has 2 aromatic rings. The number of carbonyl (C=O) groups is 2. The van der Waals surface area contributed by atoms with E-state index in [1.807, 2.05) is 0 Å². The van der Waals surface area contributed by atoms with Gasteiger partial charge in [-0.15, -0.1) is 0 Å². The van der Waals surface area contributed by atoms with Crippen molar-refractivity contribution < 1.29 is 18.7 Å². The Kier molecular flexibility index (Phi) is 4.22. The topological polar surface area (TPSA) is 93.2 Å². The van der Waals surface area contributed by atoms with Crippen LogP contribution in [0.15, 0.2) is 36.7 Å². The summed E-state index contributed by atoms with van der Waals surface area (Å²) in [4.78, 5) is 24.3. The third-order valence-corrected chi connectivity index (χ3v) is 5.23. The maximum Gasteiger partial charge on any atom is 0.258 e. The minimum atomic E-state index is -0.601. The Labute approximate surface area is 159 Å². The van der Waals surface area contributed by atoms with Crippen molar-refractivity contribution in [1.82, 2.24) is 20.8 Å². The van der Waals surface area contributed by atoms with E-state index in [2.05, 4.69) is 20.8 Å². The standard InChI is InChI=1S/C18H16ClFN4O3/c19-13-2-1-12(5-14(13)20)27-7-15(25)23-17-8-18(9-17,10-17)24-16(26)11-3-4-21-22-6-11/h1-6H,7-10H2,(H,23,25)(H,24,26). The predicted molar refractivity (Wildman–Crippen MR) is 93.9 cm³/mol. The number of amides is 2. The highest BCUT2D eigenvalue weighted by molar-refractivity contribution is 6.30. The van der Waals surface area contributed by atoms with Gasteiger partial charge >= 0.3 is 0 Å². The first kappa shape index (κ1) is 17.7. The average Bonchev–Trinajstić information content (AvgIpc) is 2.60. The van der Waals surface area contributed by atoms with E-state index in [4.69, 9.17) is 16.3 Å². The number of aromatic nitrogens is 2. The molecule has 2 amide bonds. The Morgan fingerprint density at radius 1 is 1.15 bits per heavy atom. The number of nitrogens with zero attached hydrogens (tertiary/aromatic N) is 2. The molecular weight excluding hydrogens is 375 g/mol. The number of hydrogen-bond acceptors (Lipinski definition) is 5. The van der Waals surface area contributed by atoms with Gasteiger partial charge in [-0.25, -0.2) is 4.39 Å². The summed E-state index contributed by atoms with van der Waals surface area (Å²) in [6.07, 6.45) is 4.89. The Hall–Kier alpha value is -2.74. The second-order valence-electron chi connectivity index (χ2n) is 7.09. The van der Waals surface area contributed by atoms with Crippen molar-refractivity contribution in [2.75, 3.05) is 6.61 Å². The van der Waals surface area contributed by atoms with E-state index >= 15 is 0 Å². The second-order valence-corrected chi connectivity index (χ2v) is 7.50. The zero-order chi connectivity index (χ0) is 19.1. The first-order chi connectivity index (χ1) is 12.9. The van der Waals surface area contributed by atoms with Crippen LogP contribution in [-0.2, 0) is 4.79 Å². The number of rotatable bonds is 6. The molecule has 27 heavy (non-hydrogen) atoms. The normalized spacial score (nSPS) is 25.0. The van der Waals surface area contributed by atoms with E-state index in [-0.39, 0.29) is 40.3 Å². The lowest BCUT2D eigenvalue weighted by Crippen LogP contribution is -2.84. The fraction of sp³-hybridized carbons (Fsp3) is 0.333. The van der Waals surface area contributed by atoms with E-state index in [1.165, 1.54) is 24.5 Å². The van der Waals surface area contributed by atoms with Gasteiger partial charge in [0, 0.05) is 17.1 Å². The maximum atomic E-state index is 13.4.